The normalized spacial score (nSPS) is 10.9. The van der Waals surface area contributed by atoms with Crippen molar-refractivity contribution >= 4 is 17.4 Å². The smallest absolute Gasteiger partial charge is 0.176 e. The minimum absolute atomic E-state index is 0.0800. The maximum Gasteiger partial charge on any atom is 0.176 e. The van der Waals surface area contributed by atoms with Crippen LogP contribution in [0.1, 0.15) is 30.6 Å². The highest BCUT2D eigenvalue weighted by atomic mass is 35.5. The highest BCUT2D eigenvalue weighted by Gasteiger charge is 2.04. The molecule has 0 aliphatic heterocycles. The summed E-state index contributed by atoms with van der Waals surface area (Å²) in [5, 5.41) is 3.75. The number of benzene rings is 1. The fourth-order valence-electron chi connectivity index (χ4n) is 1.46. The molecule has 0 saturated carbocycles. The molecular formula is C14H20ClNO2. The van der Waals surface area contributed by atoms with Crippen molar-refractivity contribution in [3.05, 3.63) is 34.9 Å². The zero-order chi connectivity index (χ0) is 13.4. The van der Waals surface area contributed by atoms with Crippen molar-refractivity contribution in [3.8, 4) is 0 Å². The van der Waals surface area contributed by atoms with E-state index in [1.165, 1.54) is 0 Å². The van der Waals surface area contributed by atoms with Gasteiger partial charge in [-0.3, -0.25) is 4.79 Å². The number of carbonyl (C=O) groups excluding carboxylic acids is 1. The Labute approximate surface area is 113 Å². The largest absolute Gasteiger partial charge is 0.379 e. The molecule has 0 aliphatic rings. The van der Waals surface area contributed by atoms with Gasteiger partial charge in [-0.2, -0.15) is 0 Å². The molecule has 1 aromatic carbocycles. The molecule has 0 amide bonds. The molecule has 100 valence electrons. The molecule has 0 radical (unpaired) electrons. The van der Waals surface area contributed by atoms with Gasteiger partial charge in [0.25, 0.3) is 0 Å². The Hall–Kier alpha value is -0.900. The van der Waals surface area contributed by atoms with Gasteiger partial charge in [0.2, 0.25) is 0 Å². The number of nitrogens with one attached hydrogen (secondary N) is 1. The second-order valence-corrected chi connectivity index (χ2v) is 4.82. The molecule has 0 aromatic heterocycles. The van der Waals surface area contributed by atoms with E-state index in [4.69, 9.17) is 16.3 Å². The first kappa shape index (κ1) is 15.2. The Morgan fingerprint density at radius 3 is 2.61 bits per heavy atom. The number of halogens is 1. The van der Waals surface area contributed by atoms with Gasteiger partial charge in [0.15, 0.2) is 5.78 Å². The number of carbonyl (C=O) groups is 1. The molecule has 1 rings (SSSR count). The van der Waals surface area contributed by atoms with Crippen LogP contribution in [-0.2, 0) is 4.74 Å². The molecule has 1 N–H and O–H groups in total. The molecule has 0 bridgehead atoms. The topological polar surface area (TPSA) is 38.3 Å². The Bertz CT molecular complexity index is 363. The molecule has 1 aromatic rings. The summed E-state index contributed by atoms with van der Waals surface area (Å²) in [6, 6.07) is 6.94. The van der Waals surface area contributed by atoms with Gasteiger partial charge in [-0.15, -0.1) is 0 Å². The number of rotatable bonds is 8. The van der Waals surface area contributed by atoms with Gasteiger partial charge in [-0.05, 0) is 51.1 Å². The maximum absolute atomic E-state index is 11.8. The van der Waals surface area contributed by atoms with Crippen molar-refractivity contribution in [2.45, 2.75) is 26.4 Å². The van der Waals surface area contributed by atoms with Crippen LogP contribution in [0.4, 0.5) is 0 Å². The van der Waals surface area contributed by atoms with Gasteiger partial charge in [0.05, 0.1) is 12.6 Å². The lowest BCUT2D eigenvalue weighted by Crippen LogP contribution is -2.25. The van der Waals surface area contributed by atoms with Gasteiger partial charge >= 0.3 is 0 Å². The summed E-state index contributed by atoms with van der Waals surface area (Å²) in [7, 11) is 0. The first-order valence-electron chi connectivity index (χ1n) is 6.20. The van der Waals surface area contributed by atoms with Crippen LogP contribution < -0.4 is 5.32 Å². The van der Waals surface area contributed by atoms with E-state index in [0.717, 1.165) is 19.6 Å². The first-order chi connectivity index (χ1) is 8.59. The number of hydrogen-bond acceptors (Lipinski definition) is 3. The Morgan fingerprint density at radius 1 is 1.33 bits per heavy atom. The van der Waals surface area contributed by atoms with E-state index in [1.807, 2.05) is 13.8 Å². The monoisotopic (exact) mass is 269 g/mol. The Kier molecular flexibility index (Phi) is 6.94. The van der Waals surface area contributed by atoms with Crippen LogP contribution in [-0.4, -0.2) is 31.6 Å². The third-order valence-electron chi connectivity index (χ3n) is 2.40. The van der Waals surface area contributed by atoms with Crippen molar-refractivity contribution in [1.29, 1.82) is 0 Å². The van der Waals surface area contributed by atoms with E-state index >= 15 is 0 Å². The standard InChI is InChI=1S/C14H20ClNO2/c1-11(2)18-9-3-8-16-10-14(17)12-4-6-13(15)7-5-12/h4-7,11,16H,3,8-10H2,1-2H3. The average molecular weight is 270 g/mol. The second kappa shape index (κ2) is 8.25. The van der Waals surface area contributed by atoms with Crippen LogP contribution in [0.5, 0.6) is 0 Å². The summed E-state index contributed by atoms with van der Waals surface area (Å²) in [5.74, 6) is 0.0800. The minimum atomic E-state index is 0.0800. The summed E-state index contributed by atoms with van der Waals surface area (Å²) in [5.41, 5.74) is 0.685. The van der Waals surface area contributed by atoms with Crippen molar-refractivity contribution < 1.29 is 9.53 Å². The third-order valence-corrected chi connectivity index (χ3v) is 2.65. The van der Waals surface area contributed by atoms with Gasteiger partial charge in [0, 0.05) is 17.2 Å². The fourth-order valence-corrected chi connectivity index (χ4v) is 1.58. The lowest BCUT2D eigenvalue weighted by molar-refractivity contribution is 0.0767. The van der Waals surface area contributed by atoms with E-state index in [9.17, 15) is 4.79 Å². The lowest BCUT2D eigenvalue weighted by atomic mass is 10.1. The van der Waals surface area contributed by atoms with Gasteiger partial charge in [-0.25, -0.2) is 0 Å². The summed E-state index contributed by atoms with van der Waals surface area (Å²) in [6.45, 7) is 5.88. The lowest BCUT2D eigenvalue weighted by Gasteiger charge is -2.07. The van der Waals surface area contributed by atoms with Crippen LogP contribution in [0.2, 0.25) is 5.02 Å². The Morgan fingerprint density at radius 2 is 2.00 bits per heavy atom. The van der Waals surface area contributed by atoms with Gasteiger partial charge in [-0.1, -0.05) is 11.6 Å². The number of Topliss-reactive ketones (excluding diaryl/α,β-unsaturated/α-hetero) is 1. The van der Waals surface area contributed by atoms with Crippen LogP contribution in [0.25, 0.3) is 0 Å². The van der Waals surface area contributed by atoms with Crippen LogP contribution in [0, 0.1) is 0 Å². The molecule has 0 spiro atoms. The van der Waals surface area contributed by atoms with Crippen molar-refractivity contribution in [3.63, 3.8) is 0 Å². The van der Waals surface area contributed by atoms with Crippen LogP contribution >= 0.6 is 11.6 Å². The van der Waals surface area contributed by atoms with Crippen molar-refractivity contribution in [1.82, 2.24) is 5.32 Å². The van der Waals surface area contributed by atoms with Crippen LogP contribution in [0.3, 0.4) is 0 Å². The quantitative estimate of drug-likeness (QED) is 0.583. The van der Waals surface area contributed by atoms with E-state index in [0.29, 0.717) is 17.1 Å². The van der Waals surface area contributed by atoms with Crippen molar-refractivity contribution in [2.75, 3.05) is 19.7 Å². The van der Waals surface area contributed by atoms with Gasteiger partial charge < -0.3 is 10.1 Å². The summed E-state index contributed by atoms with van der Waals surface area (Å²) < 4.78 is 5.41. The second-order valence-electron chi connectivity index (χ2n) is 4.38. The fraction of sp³-hybridized carbons (Fsp3) is 0.500. The zero-order valence-electron chi connectivity index (χ0n) is 10.9. The molecule has 0 heterocycles. The van der Waals surface area contributed by atoms with E-state index in [2.05, 4.69) is 5.32 Å². The summed E-state index contributed by atoms with van der Waals surface area (Å²) >= 11 is 5.76. The molecular weight excluding hydrogens is 250 g/mol. The highest BCUT2D eigenvalue weighted by molar-refractivity contribution is 6.30. The number of ketones is 1. The molecule has 3 nitrogen and oxygen atoms in total. The van der Waals surface area contributed by atoms with E-state index < -0.39 is 0 Å². The Balaban J connectivity index is 2.16. The molecule has 0 atom stereocenters. The molecule has 0 unspecified atom stereocenters. The summed E-state index contributed by atoms with van der Waals surface area (Å²) in [4.78, 5) is 11.8. The number of ether oxygens (including phenoxy) is 1. The average Bonchev–Trinajstić information content (AvgIpc) is 2.34. The summed E-state index contributed by atoms with van der Waals surface area (Å²) in [6.07, 6.45) is 1.17. The zero-order valence-corrected chi connectivity index (χ0v) is 11.7. The number of hydrogen-bond donors (Lipinski definition) is 1. The molecule has 0 fully saturated rings. The van der Waals surface area contributed by atoms with E-state index in [1.54, 1.807) is 24.3 Å². The van der Waals surface area contributed by atoms with Gasteiger partial charge in [0.1, 0.15) is 0 Å². The molecule has 0 saturated heterocycles. The van der Waals surface area contributed by atoms with Crippen molar-refractivity contribution in [2.24, 2.45) is 0 Å². The van der Waals surface area contributed by atoms with Crippen LogP contribution in [0.15, 0.2) is 24.3 Å². The first-order valence-corrected chi connectivity index (χ1v) is 6.58. The third kappa shape index (κ3) is 6.15. The predicted molar refractivity (Wildman–Crippen MR) is 74.4 cm³/mol. The SMILES string of the molecule is CC(C)OCCCNCC(=O)c1ccc(Cl)cc1. The van der Waals surface area contributed by atoms with E-state index in [-0.39, 0.29) is 11.9 Å². The minimum Gasteiger partial charge on any atom is -0.379 e. The molecule has 0 aliphatic carbocycles. The predicted octanol–water partition coefficient (Wildman–Crippen LogP) is 2.93. The molecule has 4 heteroatoms. The molecule has 18 heavy (non-hydrogen) atoms. The highest BCUT2D eigenvalue weighted by Crippen LogP contribution is 2.09. The maximum atomic E-state index is 11.8.